The average Bonchev–Trinajstić information content (AvgIpc) is 2.05. The molecule has 0 N–H and O–H groups in total. The molecule has 0 aromatic heterocycles. The predicted octanol–water partition coefficient (Wildman–Crippen LogP) is 2.95. The largest absolute Gasteiger partial charge is 0.0617 e. The van der Waals surface area contributed by atoms with Crippen LogP contribution in [0, 0.1) is 12.5 Å². The fourth-order valence-corrected chi connectivity index (χ4v) is 0.966. The molecule has 0 heteroatoms. The van der Waals surface area contributed by atoms with Crippen LogP contribution in [0.25, 0.3) is 0 Å². The molecule has 0 amide bonds. The third-order valence-corrected chi connectivity index (χ3v) is 1.79. The zero-order valence-corrected chi connectivity index (χ0v) is 6.70. The first kappa shape index (κ1) is 7.59. The molecule has 1 aliphatic carbocycles. The first-order chi connectivity index (χ1) is 4.86. The van der Waals surface area contributed by atoms with Crippen LogP contribution in [0.2, 0.25) is 0 Å². The standard InChI is InChI=1S/C10H13/c1-3-9-5-7-10(4-2)8-6-9/h5H,3-4,8H2,1-2H3. The SMILES string of the molecule is CCC1=[C]C=C(CC)[C]C1. The quantitative estimate of drug-likeness (QED) is 0.543. The monoisotopic (exact) mass is 133 g/mol. The van der Waals surface area contributed by atoms with Crippen LogP contribution < -0.4 is 0 Å². The Hall–Kier alpha value is -0.520. The van der Waals surface area contributed by atoms with E-state index in [1.807, 2.05) is 0 Å². The van der Waals surface area contributed by atoms with Gasteiger partial charge in [0.15, 0.2) is 0 Å². The van der Waals surface area contributed by atoms with Crippen molar-refractivity contribution in [1.82, 2.24) is 0 Å². The van der Waals surface area contributed by atoms with Crippen molar-refractivity contribution in [3.05, 3.63) is 29.7 Å². The Labute approximate surface area is 63.6 Å². The highest BCUT2D eigenvalue weighted by Gasteiger charge is 2.03. The summed E-state index contributed by atoms with van der Waals surface area (Å²) in [7, 11) is 0. The first-order valence-corrected chi connectivity index (χ1v) is 3.91. The Kier molecular flexibility index (Phi) is 2.73. The van der Waals surface area contributed by atoms with Crippen LogP contribution in [0.3, 0.4) is 0 Å². The molecule has 1 rings (SSSR count). The van der Waals surface area contributed by atoms with Gasteiger partial charge in [-0.05, 0) is 25.3 Å². The fourth-order valence-electron chi connectivity index (χ4n) is 0.966. The van der Waals surface area contributed by atoms with Gasteiger partial charge >= 0.3 is 0 Å². The molecule has 0 fully saturated rings. The highest BCUT2D eigenvalue weighted by molar-refractivity contribution is 5.26. The molecular weight excluding hydrogens is 120 g/mol. The summed E-state index contributed by atoms with van der Waals surface area (Å²) in [5.41, 5.74) is 2.68. The van der Waals surface area contributed by atoms with E-state index in [4.69, 9.17) is 0 Å². The van der Waals surface area contributed by atoms with Crippen molar-refractivity contribution in [1.29, 1.82) is 0 Å². The lowest BCUT2D eigenvalue weighted by atomic mass is 9.96. The molecule has 0 spiro atoms. The molecular formula is C10H13. The summed E-state index contributed by atoms with van der Waals surface area (Å²) in [6.07, 6.45) is 11.8. The van der Waals surface area contributed by atoms with Crippen LogP contribution in [0.1, 0.15) is 33.1 Å². The normalized spacial score (nSPS) is 18.2. The topological polar surface area (TPSA) is 0 Å². The fraction of sp³-hybridized carbons (Fsp3) is 0.500. The number of hydrogen-bond acceptors (Lipinski definition) is 0. The molecule has 3 radical (unpaired) electrons. The first-order valence-electron chi connectivity index (χ1n) is 3.91. The summed E-state index contributed by atoms with van der Waals surface area (Å²) in [6.45, 7) is 4.31. The van der Waals surface area contributed by atoms with E-state index in [9.17, 15) is 0 Å². The van der Waals surface area contributed by atoms with E-state index in [1.165, 1.54) is 11.1 Å². The van der Waals surface area contributed by atoms with Gasteiger partial charge in [-0.2, -0.15) is 0 Å². The van der Waals surface area contributed by atoms with E-state index in [-0.39, 0.29) is 0 Å². The van der Waals surface area contributed by atoms with Crippen molar-refractivity contribution in [3.8, 4) is 0 Å². The van der Waals surface area contributed by atoms with Crippen LogP contribution in [0.15, 0.2) is 17.2 Å². The van der Waals surface area contributed by atoms with E-state index < -0.39 is 0 Å². The summed E-state index contributed by atoms with van der Waals surface area (Å²) in [5.74, 6) is 0. The maximum Gasteiger partial charge on any atom is 0.0164 e. The zero-order valence-electron chi connectivity index (χ0n) is 6.70. The zero-order chi connectivity index (χ0) is 7.40. The third kappa shape index (κ3) is 1.73. The Morgan fingerprint density at radius 2 is 2.20 bits per heavy atom. The maximum atomic E-state index is 3.33. The number of allylic oxidation sites excluding steroid dienone is 4. The Morgan fingerprint density at radius 1 is 1.40 bits per heavy atom. The summed E-state index contributed by atoms with van der Waals surface area (Å²) in [5, 5.41) is 0. The molecule has 0 atom stereocenters. The molecule has 0 bridgehead atoms. The van der Waals surface area contributed by atoms with Crippen molar-refractivity contribution in [2.45, 2.75) is 33.1 Å². The van der Waals surface area contributed by atoms with Crippen molar-refractivity contribution in [2.75, 3.05) is 0 Å². The minimum atomic E-state index is 0.996. The number of hydrogen-bond donors (Lipinski definition) is 0. The second kappa shape index (κ2) is 3.60. The molecule has 0 saturated heterocycles. The summed E-state index contributed by atoms with van der Waals surface area (Å²) in [4.78, 5) is 0. The van der Waals surface area contributed by atoms with Gasteiger partial charge in [-0.1, -0.05) is 31.1 Å². The van der Waals surface area contributed by atoms with Gasteiger partial charge in [-0.3, -0.25) is 0 Å². The second-order valence-corrected chi connectivity index (χ2v) is 2.48. The molecule has 0 saturated carbocycles. The average molecular weight is 133 g/mol. The van der Waals surface area contributed by atoms with E-state index in [2.05, 4.69) is 32.4 Å². The van der Waals surface area contributed by atoms with Gasteiger partial charge in [0.25, 0.3) is 0 Å². The smallest absolute Gasteiger partial charge is 0.0164 e. The molecule has 53 valence electrons. The maximum absolute atomic E-state index is 3.33. The lowest BCUT2D eigenvalue weighted by Crippen LogP contribution is -1.92. The van der Waals surface area contributed by atoms with Gasteiger partial charge in [0.05, 0.1) is 0 Å². The van der Waals surface area contributed by atoms with Gasteiger partial charge in [-0.15, -0.1) is 0 Å². The molecule has 0 aromatic rings. The summed E-state index contributed by atoms with van der Waals surface area (Å²) < 4.78 is 0. The molecule has 0 unspecified atom stereocenters. The summed E-state index contributed by atoms with van der Waals surface area (Å²) >= 11 is 0. The second-order valence-electron chi connectivity index (χ2n) is 2.48. The molecule has 0 aliphatic heterocycles. The minimum absolute atomic E-state index is 0.996. The van der Waals surface area contributed by atoms with Gasteiger partial charge in [0, 0.05) is 6.42 Å². The van der Waals surface area contributed by atoms with Gasteiger partial charge in [0.2, 0.25) is 0 Å². The Morgan fingerprint density at radius 3 is 2.60 bits per heavy atom. The Balaban J connectivity index is 2.55. The van der Waals surface area contributed by atoms with Crippen LogP contribution in [0.4, 0.5) is 0 Å². The molecule has 10 heavy (non-hydrogen) atoms. The lowest BCUT2D eigenvalue weighted by molar-refractivity contribution is 0.938. The molecule has 0 nitrogen and oxygen atoms in total. The lowest BCUT2D eigenvalue weighted by Gasteiger charge is -2.09. The van der Waals surface area contributed by atoms with E-state index in [0.717, 1.165) is 19.3 Å². The van der Waals surface area contributed by atoms with Crippen LogP contribution in [-0.2, 0) is 0 Å². The van der Waals surface area contributed by atoms with E-state index >= 15 is 0 Å². The third-order valence-electron chi connectivity index (χ3n) is 1.79. The van der Waals surface area contributed by atoms with Gasteiger partial charge in [0.1, 0.15) is 0 Å². The number of rotatable bonds is 2. The predicted molar refractivity (Wildman–Crippen MR) is 43.3 cm³/mol. The molecule has 0 aromatic carbocycles. The van der Waals surface area contributed by atoms with Gasteiger partial charge in [-0.25, -0.2) is 0 Å². The van der Waals surface area contributed by atoms with Crippen molar-refractivity contribution < 1.29 is 0 Å². The van der Waals surface area contributed by atoms with Crippen molar-refractivity contribution in [2.24, 2.45) is 0 Å². The Bertz CT molecular complexity index is 141. The molecule has 0 heterocycles. The van der Waals surface area contributed by atoms with Crippen LogP contribution in [0.5, 0.6) is 0 Å². The summed E-state index contributed by atoms with van der Waals surface area (Å²) in [6, 6.07) is 0. The highest BCUT2D eigenvalue weighted by Crippen LogP contribution is 2.20. The van der Waals surface area contributed by atoms with E-state index in [1.54, 1.807) is 0 Å². The van der Waals surface area contributed by atoms with Crippen LogP contribution in [-0.4, -0.2) is 0 Å². The van der Waals surface area contributed by atoms with E-state index in [0.29, 0.717) is 0 Å². The van der Waals surface area contributed by atoms with Crippen molar-refractivity contribution >= 4 is 0 Å². The van der Waals surface area contributed by atoms with Crippen LogP contribution >= 0.6 is 0 Å². The highest BCUT2D eigenvalue weighted by atomic mass is 14.1. The van der Waals surface area contributed by atoms with Gasteiger partial charge < -0.3 is 0 Å². The van der Waals surface area contributed by atoms with Crippen molar-refractivity contribution in [3.63, 3.8) is 0 Å². The molecule has 1 aliphatic rings. The minimum Gasteiger partial charge on any atom is -0.0617 e.